The Labute approximate surface area is 145 Å². The number of ether oxygens (including phenoxy) is 1. The third kappa shape index (κ3) is 3.97. The second-order valence-corrected chi connectivity index (χ2v) is 5.59. The minimum atomic E-state index is 0.486. The lowest BCUT2D eigenvalue weighted by Crippen LogP contribution is -1.98. The molecule has 0 aliphatic rings. The molecule has 1 heterocycles. The zero-order valence-corrected chi connectivity index (χ0v) is 14.2. The van der Waals surface area contributed by atoms with E-state index >= 15 is 0 Å². The maximum atomic E-state index is 5.83. The van der Waals surface area contributed by atoms with Crippen LogP contribution in [0.3, 0.4) is 0 Å². The average Bonchev–Trinajstić information content (AvgIpc) is 2.99. The van der Waals surface area contributed by atoms with E-state index < -0.39 is 0 Å². The summed E-state index contributed by atoms with van der Waals surface area (Å²) >= 11 is 5.18. The molecule has 0 fully saturated rings. The van der Waals surface area contributed by atoms with E-state index in [4.69, 9.17) is 17.0 Å². The molecule has 0 amide bonds. The standard InChI is InChI=1S/C18H18N4OS/c1-2-17-20-21-18(24)22(17)19-12-15-9-6-10-16(11-15)23-13-14-7-4-3-5-8-14/h3-12H,2,13H2,1H3,(H,21,24)/b19-12+. The van der Waals surface area contributed by atoms with Crippen LogP contribution in [-0.4, -0.2) is 21.1 Å². The van der Waals surface area contributed by atoms with Gasteiger partial charge in [0.25, 0.3) is 0 Å². The highest BCUT2D eigenvalue weighted by molar-refractivity contribution is 7.71. The van der Waals surface area contributed by atoms with E-state index in [1.54, 1.807) is 10.9 Å². The molecule has 0 saturated heterocycles. The molecule has 0 bridgehead atoms. The number of hydrogen-bond donors (Lipinski definition) is 1. The van der Waals surface area contributed by atoms with Crippen LogP contribution in [-0.2, 0) is 13.0 Å². The fraction of sp³-hybridized carbons (Fsp3) is 0.167. The van der Waals surface area contributed by atoms with Crippen LogP contribution in [0.1, 0.15) is 23.9 Å². The van der Waals surface area contributed by atoms with Crippen LogP contribution in [0.15, 0.2) is 59.7 Å². The van der Waals surface area contributed by atoms with Crippen molar-refractivity contribution in [3.63, 3.8) is 0 Å². The number of nitrogens with one attached hydrogen (secondary N) is 1. The number of aromatic amines is 1. The molecule has 122 valence electrons. The molecular formula is C18H18N4OS. The summed E-state index contributed by atoms with van der Waals surface area (Å²) in [6.45, 7) is 2.54. The van der Waals surface area contributed by atoms with E-state index in [1.807, 2.05) is 61.5 Å². The van der Waals surface area contributed by atoms with Gasteiger partial charge in [-0.05, 0) is 35.5 Å². The molecule has 0 spiro atoms. The van der Waals surface area contributed by atoms with Gasteiger partial charge in [-0.1, -0.05) is 49.4 Å². The molecule has 5 nitrogen and oxygen atoms in total. The van der Waals surface area contributed by atoms with E-state index in [2.05, 4.69) is 15.3 Å². The van der Waals surface area contributed by atoms with Gasteiger partial charge in [0.15, 0.2) is 5.82 Å². The highest BCUT2D eigenvalue weighted by Crippen LogP contribution is 2.14. The summed E-state index contributed by atoms with van der Waals surface area (Å²) in [6, 6.07) is 17.9. The number of hydrogen-bond acceptors (Lipinski definition) is 4. The van der Waals surface area contributed by atoms with Crippen molar-refractivity contribution in [1.29, 1.82) is 0 Å². The number of aryl methyl sites for hydroxylation is 1. The fourth-order valence-electron chi connectivity index (χ4n) is 2.22. The Morgan fingerprint density at radius 2 is 2.04 bits per heavy atom. The van der Waals surface area contributed by atoms with Gasteiger partial charge in [-0.25, -0.2) is 0 Å². The quantitative estimate of drug-likeness (QED) is 0.547. The Balaban J connectivity index is 1.72. The van der Waals surface area contributed by atoms with Crippen molar-refractivity contribution >= 4 is 18.4 Å². The van der Waals surface area contributed by atoms with Crippen LogP contribution in [0.25, 0.3) is 0 Å². The van der Waals surface area contributed by atoms with E-state index in [1.165, 1.54) is 0 Å². The molecule has 0 atom stereocenters. The molecule has 1 N–H and O–H groups in total. The summed E-state index contributed by atoms with van der Waals surface area (Å²) in [5.74, 6) is 1.60. The smallest absolute Gasteiger partial charge is 0.216 e. The number of benzene rings is 2. The van der Waals surface area contributed by atoms with Gasteiger partial charge in [-0.3, -0.25) is 5.10 Å². The lowest BCUT2D eigenvalue weighted by molar-refractivity contribution is 0.306. The Morgan fingerprint density at radius 1 is 1.21 bits per heavy atom. The Morgan fingerprint density at radius 3 is 2.83 bits per heavy atom. The summed E-state index contributed by atoms with van der Waals surface area (Å²) in [7, 11) is 0. The zero-order chi connectivity index (χ0) is 16.8. The summed E-state index contributed by atoms with van der Waals surface area (Å²) in [6.07, 6.45) is 2.50. The predicted octanol–water partition coefficient (Wildman–Crippen LogP) is 3.96. The number of H-pyrrole nitrogens is 1. The molecule has 0 radical (unpaired) electrons. The second-order valence-electron chi connectivity index (χ2n) is 5.20. The molecule has 1 aromatic heterocycles. The van der Waals surface area contributed by atoms with Gasteiger partial charge in [0.1, 0.15) is 12.4 Å². The van der Waals surface area contributed by atoms with Crippen molar-refractivity contribution in [3.05, 3.63) is 76.3 Å². The van der Waals surface area contributed by atoms with Gasteiger partial charge in [0.2, 0.25) is 4.77 Å². The Bertz CT molecular complexity index is 883. The average molecular weight is 338 g/mol. The molecule has 24 heavy (non-hydrogen) atoms. The molecule has 6 heteroatoms. The summed E-state index contributed by atoms with van der Waals surface area (Å²) in [5.41, 5.74) is 2.07. The van der Waals surface area contributed by atoms with Gasteiger partial charge < -0.3 is 4.74 Å². The minimum absolute atomic E-state index is 0.486. The third-order valence-electron chi connectivity index (χ3n) is 3.46. The topological polar surface area (TPSA) is 55.2 Å². The first-order valence-corrected chi connectivity index (χ1v) is 8.14. The largest absolute Gasteiger partial charge is 0.489 e. The van der Waals surface area contributed by atoms with Crippen molar-refractivity contribution < 1.29 is 4.74 Å². The molecule has 2 aromatic carbocycles. The normalized spacial score (nSPS) is 11.0. The van der Waals surface area contributed by atoms with Crippen molar-refractivity contribution in [1.82, 2.24) is 14.9 Å². The second kappa shape index (κ2) is 7.70. The van der Waals surface area contributed by atoms with Gasteiger partial charge in [-0.15, -0.1) is 0 Å². The van der Waals surface area contributed by atoms with E-state index in [9.17, 15) is 0 Å². The summed E-state index contributed by atoms with van der Waals surface area (Å²) < 4.78 is 7.95. The molecule has 0 unspecified atom stereocenters. The number of nitrogens with zero attached hydrogens (tertiary/aromatic N) is 3. The van der Waals surface area contributed by atoms with Crippen molar-refractivity contribution in [2.24, 2.45) is 5.10 Å². The van der Waals surface area contributed by atoms with Gasteiger partial charge in [0, 0.05) is 6.42 Å². The van der Waals surface area contributed by atoms with E-state index in [0.29, 0.717) is 11.4 Å². The van der Waals surface area contributed by atoms with Crippen LogP contribution < -0.4 is 4.74 Å². The molecule has 3 rings (SSSR count). The highest BCUT2D eigenvalue weighted by atomic mass is 32.1. The van der Waals surface area contributed by atoms with Gasteiger partial charge in [-0.2, -0.15) is 14.9 Å². The first-order valence-electron chi connectivity index (χ1n) is 7.73. The SMILES string of the molecule is CCc1n[nH]c(=S)n1/N=C/c1cccc(OCc2ccccc2)c1. The fourth-order valence-corrected chi connectivity index (χ4v) is 2.42. The van der Waals surface area contributed by atoms with Crippen LogP contribution >= 0.6 is 12.2 Å². The molecule has 0 saturated carbocycles. The van der Waals surface area contributed by atoms with Crippen molar-refractivity contribution in [2.75, 3.05) is 0 Å². The summed E-state index contributed by atoms with van der Waals surface area (Å²) in [5, 5.41) is 11.3. The summed E-state index contributed by atoms with van der Waals surface area (Å²) in [4.78, 5) is 0. The molecule has 0 aliphatic heterocycles. The highest BCUT2D eigenvalue weighted by Gasteiger charge is 2.02. The van der Waals surface area contributed by atoms with E-state index in [-0.39, 0.29) is 0 Å². The van der Waals surface area contributed by atoms with Gasteiger partial charge in [0.05, 0.1) is 6.21 Å². The van der Waals surface area contributed by atoms with Crippen LogP contribution in [0.4, 0.5) is 0 Å². The third-order valence-corrected chi connectivity index (χ3v) is 3.73. The molecule has 0 aliphatic carbocycles. The zero-order valence-electron chi connectivity index (χ0n) is 13.3. The van der Waals surface area contributed by atoms with Gasteiger partial charge >= 0.3 is 0 Å². The lowest BCUT2D eigenvalue weighted by Gasteiger charge is -2.06. The lowest BCUT2D eigenvalue weighted by atomic mass is 10.2. The van der Waals surface area contributed by atoms with E-state index in [0.717, 1.165) is 29.1 Å². The first kappa shape index (κ1) is 16.1. The maximum Gasteiger partial charge on any atom is 0.216 e. The van der Waals surface area contributed by atoms with Crippen LogP contribution in [0.2, 0.25) is 0 Å². The first-order chi connectivity index (χ1) is 11.8. The van der Waals surface area contributed by atoms with Crippen LogP contribution in [0, 0.1) is 4.77 Å². The monoisotopic (exact) mass is 338 g/mol. The number of aromatic nitrogens is 3. The predicted molar refractivity (Wildman–Crippen MR) is 97.0 cm³/mol. The number of rotatable bonds is 6. The Hall–Kier alpha value is -2.73. The Kier molecular flexibility index (Phi) is 5.18. The maximum absolute atomic E-state index is 5.83. The molecular weight excluding hydrogens is 320 g/mol. The minimum Gasteiger partial charge on any atom is -0.489 e. The van der Waals surface area contributed by atoms with Crippen LogP contribution in [0.5, 0.6) is 5.75 Å². The molecule has 3 aromatic rings. The van der Waals surface area contributed by atoms with Crippen molar-refractivity contribution in [3.8, 4) is 5.75 Å². The van der Waals surface area contributed by atoms with Crippen molar-refractivity contribution in [2.45, 2.75) is 20.0 Å².